The predicted molar refractivity (Wildman–Crippen MR) is 121 cm³/mol. The van der Waals surface area contributed by atoms with Gasteiger partial charge in [0.15, 0.2) is 0 Å². The van der Waals surface area contributed by atoms with Gasteiger partial charge in [0.05, 0.1) is 19.2 Å². The number of para-hydroxylation sites is 1. The molecule has 0 aliphatic heterocycles. The quantitative estimate of drug-likeness (QED) is 0.216. The number of benzene rings is 1. The summed E-state index contributed by atoms with van der Waals surface area (Å²) in [5.74, 6) is -3.22. The van der Waals surface area contributed by atoms with E-state index in [2.05, 4.69) is 20.9 Å². The van der Waals surface area contributed by atoms with E-state index in [4.69, 9.17) is 15.9 Å². The van der Waals surface area contributed by atoms with E-state index in [9.17, 15) is 19.2 Å². The Hall–Kier alpha value is -3.44. The lowest BCUT2D eigenvalue weighted by Gasteiger charge is -2.22. The van der Waals surface area contributed by atoms with E-state index in [1.165, 1.54) is 0 Å². The molecular formula is C22H31N5O6. The first-order valence-corrected chi connectivity index (χ1v) is 10.6. The number of aliphatic carboxylic acids is 1. The molecule has 0 saturated carbocycles. The molecule has 8 N–H and O–H groups in total. The van der Waals surface area contributed by atoms with Crippen molar-refractivity contribution in [1.29, 1.82) is 0 Å². The van der Waals surface area contributed by atoms with Crippen LogP contribution < -0.4 is 21.7 Å². The van der Waals surface area contributed by atoms with Crippen LogP contribution in [0.25, 0.3) is 10.9 Å². The maximum atomic E-state index is 12.7. The summed E-state index contributed by atoms with van der Waals surface area (Å²) in [5.41, 5.74) is 7.91. The van der Waals surface area contributed by atoms with E-state index in [0.29, 0.717) is 6.42 Å². The molecule has 0 radical (unpaired) electrons. The third-order valence-corrected chi connectivity index (χ3v) is 5.03. The standard InChI is InChI=1S/C22H31N5O6/c1-12(2)7-17(21(31)25-10-19(29)26-18(11-28)22(32)33)27-20(30)15(23)8-13-9-24-16-6-4-3-5-14(13)16/h3-6,9,12,15,17-18,24,28H,7-8,10-11,23H2,1-2H3,(H,25,31)(H,26,29)(H,27,30)(H,32,33). The fourth-order valence-corrected chi connectivity index (χ4v) is 3.33. The van der Waals surface area contributed by atoms with E-state index in [0.717, 1.165) is 16.5 Å². The van der Waals surface area contributed by atoms with Crippen molar-refractivity contribution < 1.29 is 29.4 Å². The first kappa shape index (κ1) is 25.8. The molecule has 33 heavy (non-hydrogen) atoms. The number of carboxylic acid groups (broad SMARTS) is 1. The zero-order valence-corrected chi connectivity index (χ0v) is 18.6. The number of hydrogen-bond acceptors (Lipinski definition) is 6. The summed E-state index contributed by atoms with van der Waals surface area (Å²) in [6, 6.07) is 4.35. The summed E-state index contributed by atoms with van der Waals surface area (Å²) >= 11 is 0. The number of rotatable bonds is 12. The summed E-state index contributed by atoms with van der Waals surface area (Å²) < 4.78 is 0. The molecule has 0 bridgehead atoms. The first-order valence-electron chi connectivity index (χ1n) is 10.6. The number of H-pyrrole nitrogens is 1. The number of carbonyl (C=O) groups is 4. The maximum absolute atomic E-state index is 12.7. The number of carboxylic acids is 1. The molecule has 0 fully saturated rings. The first-order chi connectivity index (χ1) is 15.6. The molecule has 0 aliphatic rings. The second-order valence-corrected chi connectivity index (χ2v) is 8.22. The molecule has 0 saturated heterocycles. The molecule has 1 aromatic carbocycles. The molecule has 3 amide bonds. The van der Waals surface area contributed by atoms with Crippen LogP contribution in [0.1, 0.15) is 25.8 Å². The fourth-order valence-electron chi connectivity index (χ4n) is 3.33. The molecule has 3 atom stereocenters. The third-order valence-electron chi connectivity index (χ3n) is 5.03. The Kier molecular flexibility index (Phi) is 9.37. The van der Waals surface area contributed by atoms with Gasteiger partial charge in [-0.1, -0.05) is 32.0 Å². The Morgan fingerprint density at radius 1 is 1.06 bits per heavy atom. The van der Waals surface area contributed by atoms with Gasteiger partial charge in [0.2, 0.25) is 17.7 Å². The van der Waals surface area contributed by atoms with E-state index >= 15 is 0 Å². The van der Waals surface area contributed by atoms with E-state index in [-0.39, 0.29) is 12.3 Å². The van der Waals surface area contributed by atoms with Gasteiger partial charge < -0.3 is 36.9 Å². The van der Waals surface area contributed by atoms with Crippen LogP contribution in [-0.2, 0) is 25.6 Å². The van der Waals surface area contributed by atoms with Gasteiger partial charge in [-0.25, -0.2) is 4.79 Å². The second-order valence-electron chi connectivity index (χ2n) is 8.22. The number of carbonyl (C=O) groups excluding carboxylic acids is 3. The molecule has 1 aromatic heterocycles. The van der Waals surface area contributed by atoms with Crippen LogP contribution in [0.5, 0.6) is 0 Å². The molecule has 3 unspecified atom stereocenters. The topological polar surface area (TPSA) is 187 Å². The molecule has 11 heteroatoms. The van der Waals surface area contributed by atoms with Gasteiger partial charge in [-0.2, -0.15) is 0 Å². The molecule has 180 valence electrons. The van der Waals surface area contributed by atoms with Crippen LogP contribution in [0, 0.1) is 5.92 Å². The molecule has 0 spiro atoms. The van der Waals surface area contributed by atoms with Crippen LogP contribution in [0.15, 0.2) is 30.5 Å². The predicted octanol–water partition coefficient (Wildman–Crippen LogP) is -0.753. The number of nitrogens with one attached hydrogen (secondary N) is 4. The second kappa shape index (κ2) is 12.0. The van der Waals surface area contributed by atoms with Crippen molar-refractivity contribution in [2.45, 2.75) is 44.8 Å². The van der Waals surface area contributed by atoms with Crippen molar-refractivity contribution in [2.24, 2.45) is 11.7 Å². The number of fused-ring (bicyclic) bond motifs is 1. The van der Waals surface area contributed by atoms with Crippen LogP contribution >= 0.6 is 0 Å². The minimum absolute atomic E-state index is 0.0606. The van der Waals surface area contributed by atoms with E-state index < -0.39 is 55.0 Å². The molecule has 2 aromatic rings. The van der Waals surface area contributed by atoms with Crippen molar-refractivity contribution in [3.05, 3.63) is 36.0 Å². The number of aromatic nitrogens is 1. The van der Waals surface area contributed by atoms with Gasteiger partial charge in [0, 0.05) is 17.1 Å². The minimum Gasteiger partial charge on any atom is -0.480 e. The molecule has 1 heterocycles. The number of amides is 3. The van der Waals surface area contributed by atoms with Crippen LogP contribution in [0.2, 0.25) is 0 Å². The summed E-state index contributed by atoms with van der Waals surface area (Å²) in [7, 11) is 0. The Bertz CT molecular complexity index is 989. The molecule has 11 nitrogen and oxygen atoms in total. The van der Waals surface area contributed by atoms with Crippen LogP contribution in [0.4, 0.5) is 0 Å². The third kappa shape index (κ3) is 7.58. The van der Waals surface area contributed by atoms with Crippen LogP contribution in [0.3, 0.4) is 0 Å². The van der Waals surface area contributed by atoms with Crippen molar-refractivity contribution in [3.63, 3.8) is 0 Å². The van der Waals surface area contributed by atoms with Crippen molar-refractivity contribution in [1.82, 2.24) is 20.9 Å². The maximum Gasteiger partial charge on any atom is 0.328 e. The van der Waals surface area contributed by atoms with Gasteiger partial charge in [0.25, 0.3) is 0 Å². The largest absolute Gasteiger partial charge is 0.480 e. The summed E-state index contributed by atoms with van der Waals surface area (Å²) in [4.78, 5) is 51.2. The average molecular weight is 462 g/mol. The van der Waals surface area contributed by atoms with Crippen molar-refractivity contribution >= 4 is 34.6 Å². The number of aliphatic hydroxyl groups excluding tert-OH is 1. The summed E-state index contributed by atoms with van der Waals surface area (Å²) in [5, 5.41) is 25.9. The van der Waals surface area contributed by atoms with Gasteiger partial charge in [-0.3, -0.25) is 14.4 Å². The lowest BCUT2D eigenvalue weighted by Crippen LogP contribution is -2.54. The van der Waals surface area contributed by atoms with Gasteiger partial charge in [0.1, 0.15) is 12.1 Å². The lowest BCUT2D eigenvalue weighted by atomic mass is 10.0. The zero-order chi connectivity index (χ0) is 24.5. The molecule has 2 rings (SSSR count). The van der Waals surface area contributed by atoms with Gasteiger partial charge >= 0.3 is 5.97 Å². The van der Waals surface area contributed by atoms with E-state index in [1.54, 1.807) is 6.20 Å². The average Bonchev–Trinajstić information content (AvgIpc) is 3.17. The number of hydrogen-bond donors (Lipinski definition) is 7. The zero-order valence-electron chi connectivity index (χ0n) is 18.6. The Morgan fingerprint density at radius 3 is 2.39 bits per heavy atom. The normalized spacial score (nSPS) is 13.8. The Balaban J connectivity index is 1.96. The highest BCUT2D eigenvalue weighted by Gasteiger charge is 2.26. The molecular weight excluding hydrogens is 430 g/mol. The highest BCUT2D eigenvalue weighted by atomic mass is 16.4. The smallest absolute Gasteiger partial charge is 0.328 e. The van der Waals surface area contributed by atoms with Crippen molar-refractivity contribution in [2.75, 3.05) is 13.2 Å². The SMILES string of the molecule is CC(C)CC(NC(=O)C(N)Cc1c[nH]c2ccccc12)C(=O)NCC(=O)NC(CO)C(=O)O. The highest BCUT2D eigenvalue weighted by molar-refractivity contribution is 5.93. The lowest BCUT2D eigenvalue weighted by molar-refractivity contribution is -0.142. The monoisotopic (exact) mass is 461 g/mol. The van der Waals surface area contributed by atoms with E-state index in [1.807, 2.05) is 38.1 Å². The molecule has 0 aliphatic carbocycles. The minimum atomic E-state index is -1.47. The van der Waals surface area contributed by atoms with Gasteiger partial charge in [-0.05, 0) is 30.4 Å². The van der Waals surface area contributed by atoms with Crippen LogP contribution in [-0.4, -0.2) is 70.2 Å². The van der Waals surface area contributed by atoms with Crippen molar-refractivity contribution in [3.8, 4) is 0 Å². The number of aromatic amines is 1. The van der Waals surface area contributed by atoms with Gasteiger partial charge in [-0.15, -0.1) is 0 Å². The summed E-state index contributed by atoms with van der Waals surface area (Å²) in [6.07, 6.45) is 2.38. The fraction of sp³-hybridized carbons (Fsp3) is 0.455. The summed E-state index contributed by atoms with van der Waals surface area (Å²) in [6.45, 7) is 2.47. The number of nitrogens with two attached hydrogens (primary N) is 1. The number of aliphatic hydroxyl groups is 1. The Morgan fingerprint density at radius 2 is 1.76 bits per heavy atom. The highest BCUT2D eigenvalue weighted by Crippen LogP contribution is 2.18. The Labute approximate surface area is 191 Å².